The summed E-state index contributed by atoms with van der Waals surface area (Å²) in [7, 11) is 0. The number of allylic oxidation sites excluding steroid dienone is 2. The van der Waals surface area contributed by atoms with Gasteiger partial charge in [-0.25, -0.2) is 4.79 Å². The average Bonchev–Trinajstić information content (AvgIpc) is 2.48. The molecule has 0 radical (unpaired) electrons. The van der Waals surface area contributed by atoms with Crippen molar-refractivity contribution in [3.05, 3.63) is 83.9 Å². The highest BCUT2D eigenvalue weighted by molar-refractivity contribution is 5.87. The van der Waals surface area contributed by atoms with Crippen LogP contribution in [0.5, 0.6) is 0 Å². The maximum atomic E-state index is 11.7. The molecule has 0 bridgehead atoms. The standard InChI is InChI=1S/C10H9F3.C7H6O2/c11-10(12,13)8-4-7-9-5-2-1-3-6-9;8-7(9)6-4-2-1-3-5-6/h1-6,8H,7H2;1-5H,(H,8,9). The van der Waals surface area contributed by atoms with Gasteiger partial charge in [-0.15, -0.1) is 0 Å². The predicted octanol–water partition coefficient (Wildman–Crippen LogP) is 4.73. The number of halogens is 3. The molecule has 0 aromatic heterocycles. The van der Waals surface area contributed by atoms with Gasteiger partial charge in [0.25, 0.3) is 0 Å². The second kappa shape index (κ2) is 8.67. The van der Waals surface area contributed by atoms with Crippen LogP contribution in [0.1, 0.15) is 15.9 Å². The van der Waals surface area contributed by atoms with Gasteiger partial charge >= 0.3 is 12.1 Å². The van der Waals surface area contributed by atoms with Crippen LogP contribution in [0.2, 0.25) is 0 Å². The highest BCUT2D eigenvalue weighted by Gasteiger charge is 2.21. The third-order valence-electron chi connectivity index (χ3n) is 2.52. The van der Waals surface area contributed by atoms with E-state index in [4.69, 9.17) is 5.11 Å². The summed E-state index contributed by atoms with van der Waals surface area (Å²) in [6.45, 7) is 0. The molecule has 0 spiro atoms. The number of rotatable bonds is 3. The van der Waals surface area contributed by atoms with Crippen molar-refractivity contribution >= 4 is 5.97 Å². The van der Waals surface area contributed by atoms with E-state index >= 15 is 0 Å². The Morgan fingerprint density at radius 1 is 0.955 bits per heavy atom. The van der Waals surface area contributed by atoms with Gasteiger partial charge in [-0.3, -0.25) is 0 Å². The van der Waals surface area contributed by atoms with Crippen molar-refractivity contribution in [1.82, 2.24) is 0 Å². The first-order valence-corrected chi connectivity index (χ1v) is 6.45. The Labute approximate surface area is 126 Å². The first-order valence-electron chi connectivity index (χ1n) is 6.45. The number of hydrogen-bond acceptors (Lipinski definition) is 1. The molecule has 22 heavy (non-hydrogen) atoms. The number of carboxylic acid groups (broad SMARTS) is 1. The molecule has 0 fully saturated rings. The van der Waals surface area contributed by atoms with Gasteiger partial charge in [0.15, 0.2) is 0 Å². The van der Waals surface area contributed by atoms with Crippen LogP contribution in [0, 0.1) is 0 Å². The smallest absolute Gasteiger partial charge is 0.409 e. The molecule has 1 N–H and O–H groups in total. The quantitative estimate of drug-likeness (QED) is 0.832. The van der Waals surface area contributed by atoms with Crippen LogP contribution in [0.25, 0.3) is 0 Å². The lowest BCUT2D eigenvalue weighted by Gasteiger charge is -1.97. The van der Waals surface area contributed by atoms with Gasteiger partial charge in [-0.2, -0.15) is 13.2 Å². The minimum absolute atomic E-state index is 0.264. The fraction of sp³-hybridized carbons (Fsp3) is 0.118. The van der Waals surface area contributed by atoms with Crippen molar-refractivity contribution in [2.45, 2.75) is 12.6 Å². The van der Waals surface area contributed by atoms with Crippen LogP contribution < -0.4 is 0 Å². The topological polar surface area (TPSA) is 37.3 Å². The summed E-state index contributed by atoms with van der Waals surface area (Å²) in [5.41, 5.74) is 1.21. The highest BCUT2D eigenvalue weighted by Crippen LogP contribution is 2.16. The first kappa shape index (κ1) is 17.5. The Morgan fingerprint density at radius 3 is 1.86 bits per heavy atom. The molecule has 2 aromatic rings. The van der Waals surface area contributed by atoms with E-state index in [2.05, 4.69) is 0 Å². The van der Waals surface area contributed by atoms with E-state index in [0.717, 1.165) is 11.6 Å². The van der Waals surface area contributed by atoms with E-state index in [9.17, 15) is 18.0 Å². The summed E-state index contributed by atoms with van der Waals surface area (Å²) in [5, 5.41) is 8.38. The number of aromatic carboxylic acids is 1. The lowest BCUT2D eigenvalue weighted by molar-refractivity contribution is -0.0800. The van der Waals surface area contributed by atoms with Crippen LogP contribution in [-0.2, 0) is 6.42 Å². The maximum Gasteiger partial charge on any atom is 0.409 e. The fourth-order valence-electron chi connectivity index (χ4n) is 1.52. The summed E-state index contributed by atoms with van der Waals surface area (Å²) in [6.07, 6.45) is -2.50. The average molecular weight is 308 g/mol. The van der Waals surface area contributed by atoms with Crippen molar-refractivity contribution in [2.24, 2.45) is 0 Å². The Kier molecular flexibility index (Phi) is 6.89. The molecule has 0 saturated carbocycles. The number of hydrogen-bond donors (Lipinski definition) is 1. The third-order valence-corrected chi connectivity index (χ3v) is 2.52. The molecule has 116 valence electrons. The molecular weight excluding hydrogens is 293 g/mol. The second-order valence-corrected chi connectivity index (χ2v) is 4.30. The van der Waals surface area contributed by atoms with E-state index < -0.39 is 12.1 Å². The minimum atomic E-state index is -4.20. The van der Waals surface area contributed by atoms with Gasteiger partial charge in [0, 0.05) is 6.08 Å². The maximum absolute atomic E-state index is 11.7. The zero-order valence-electron chi connectivity index (χ0n) is 11.6. The van der Waals surface area contributed by atoms with Crippen molar-refractivity contribution in [3.63, 3.8) is 0 Å². The van der Waals surface area contributed by atoms with Gasteiger partial charge in [-0.05, 0) is 24.1 Å². The summed E-state index contributed by atoms with van der Waals surface area (Å²) < 4.78 is 35.0. The molecule has 0 unspecified atom stereocenters. The molecule has 0 heterocycles. The molecule has 2 rings (SSSR count). The van der Waals surface area contributed by atoms with E-state index in [1.807, 2.05) is 6.07 Å². The Hall–Kier alpha value is -2.56. The SMILES string of the molecule is FC(F)(F)C=CCc1ccccc1.O=C(O)c1ccccc1. The summed E-state index contributed by atoms with van der Waals surface area (Å²) >= 11 is 0. The molecule has 2 aromatic carbocycles. The number of benzene rings is 2. The lowest BCUT2D eigenvalue weighted by atomic mass is 10.1. The number of carbonyl (C=O) groups is 1. The minimum Gasteiger partial charge on any atom is -0.478 e. The Morgan fingerprint density at radius 2 is 1.45 bits per heavy atom. The molecule has 0 aliphatic carbocycles. The highest BCUT2D eigenvalue weighted by atomic mass is 19.4. The van der Waals surface area contributed by atoms with Gasteiger partial charge in [0.2, 0.25) is 0 Å². The van der Waals surface area contributed by atoms with E-state index in [0.29, 0.717) is 12.0 Å². The summed E-state index contributed by atoms with van der Waals surface area (Å²) in [5.74, 6) is -0.879. The van der Waals surface area contributed by atoms with Crippen LogP contribution in [0.15, 0.2) is 72.8 Å². The monoisotopic (exact) mass is 308 g/mol. The van der Waals surface area contributed by atoms with Crippen molar-refractivity contribution < 1.29 is 23.1 Å². The second-order valence-electron chi connectivity index (χ2n) is 4.30. The number of carboxylic acids is 1. The van der Waals surface area contributed by atoms with Crippen molar-refractivity contribution in [1.29, 1.82) is 0 Å². The summed E-state index contributed by atoms with van der Waals surface area (Å²) in [6, 6.07) is 17.3. The molecule has 2 nitrogen and oxygen atoms in total. The van der Waals surface area contributed by atoms with Crippen molar-refractivity contribution in [3.8, 4) is 0 Å². The van der Waals surface area contributed by atoms with Gasteiger partial charge in [0.05, 0.1) is 5.56 Å². The van der Waals surface area contributed by atoms with E-state index in [1.54, 1.807) is 54.6 Å². The van der Waals surface area contributed by atoms with Crippen LogP contribution in [0.4, 0.5) is 13.2 Å². The first-order chi connectivity index (χ1) is 10.4. The third kappa shape index (κ3) is 7.89. The van der Waals surface area contributed by atoms with Crippen LogP contribution >= 0.6 is 0 Å². The molecule has 5 heteroatoms. The largest absolute Gasteiger partial charge is 0.478 e. The molecular formula is C17H15F3O2. The lowest BCUT2D eigenvalue weighted by Crippen LogP contribution is -2.00. The normalized spacial score (nSPS) is 10.9. The Balaban J connectivity index is 0.000000235. The van der Waals surface area contributed by atoms with Gasteiger partial charge in [0.1, 0.15) is 0 Å². The zero-order chi connectivity index (χ0) is 16.4. The fourth-order valence-corrected chi connectivity index (χ4v) is 1.52. The zero-order valence-corrected chi connectivity index (χ0v) is 11.6. The molecule has 0 aliphatic heterocycles. The van der Waals surface area contributed by atoms with E-state index in [1.165, 1.54) is 0 Å². The summed E-state index contributed by atoms with van der Waals surface area (Å²) in [4.78, 5) is 10.2. The van der Waals surface area contributed by atoms with Gasteiger partial charge in [-0.1, -0.05) is 54.6 Å². The van der Waals surface area contributed by atoms with Crippen LogP contribution in [-0.4, -0.2) is 17.3 Å². The van der Waals surface area contributed by atoms with Crippen molar-refractivity contribution in [2.75, 3.05) is 0 Å². The molecule has 0 saturated heterocycles. The Bertz CT molecular complexity index is 590. The van der Waals surface area contributed by atoms with E-state index in [-0.39, 0.29) is 6.08 Å². The molecule has 0 aliphatic rings. The molecule has 0 amide bonds. The van der Waals surface area contributed by atoms with Gasteiger partial charge < -0.3 is 5.11 Å². The number of alkyl halides is 3. The predicted molar refractivity (Wildman–Crippen MR) is 78.7 cm³/mol. The van der Waals surface area contributed by atoms with Crippen LogP contribution in [0.3, 0.4) is 0 Å². The molecule has 0 atom stereocenters.